The van der Waals surface area contributed by atoms with Gasteiger partial charge in [0.05, 0.1) is 35.5 Å². The number of rotatable bonds is 6. The molecule has 9 nitrogen and oxygen atoms in total. The van der Waals surface area contributed by atoms with E-state index >= 15 is 0 Å². The molecule has 1 amide bonds. The molecule has 2 aromatic rings. The number of fused-ring (bicyclic) bond motifs is 2. The van der Waals surface area contributed by atoms with E-state index in [0.717, 1.165) is 36.0 Å². The van der Waals surface area contributed by atoms with Crippen molar-refractivity contribution < 1.29 is 13.9 Å². The van der Waals surface area contributed by atoms with Crippen LogP contribution in [-0.2, 0) is 4.79 Å². The van der Waals surface area contributed by atoms with Crippen molar-refractivity contribution in [3.8, 4) is 5.75 Å². The second kappa shape index (κ2) is 11.9. The minimum absolute atomic E-state index is 0.0528. The average Bonchev–Trinajstić information content (AvgIpc) is 3.48. The number of aromatic nitrogens is 2. The van der Waals surface area contributed by atoms with Gasteiger partial charge in [-0.25, -0.2) is 14.4 Å². The molecular formula is C27H34FN7O2. The van der Waals surface area contributed by atoms with Crippen LogP contribution in [0.4, 0.5) is 10.3 Å². The van der Waals surface area contributed by atoms with Crippen molar-refractivity contribution >= 4 is 35.2 Å². The highest BCUT2D eigenvalue weighted by Gasteiger charge is 2.43. The molecule has 2 saturated heterocycles. The van der Waals surface area contributed by atoms with Crippen LogP contribution in [0.5, 0.6) is 5.75 Å². The quantitative estimate of drug-likeness (QED) is 0.451. The van der Waals surface area contributed by atoms with Crippen LogP contribution in [-0.4, -0.2) is 66.5 Å². The van der Waals surface area contributed by atoms with Crippen LogP contribution >= 0.6 is 0 Å². The number of hydrogen-bond donors (Lipinski definition) is 2. The predicted octanol–water partition coefficient (Wildman–Crippen LogP) is 4.08. The Bertz CT molecular complexity index is 1230. The Morgan fingerprint density at radius 2 is 2.00 bits per heavy atom. The van der Waals surface area contributed by atoms with Gasteiger partial charge >= 0.3 is 0 Å². The van der Waals surface area contributed by atoms with Crippen LogP contribution in [0, 0.1) is 17.2 Å². The Labute approximate surface area is 216 Å². The lowest BCUT2D eigenvalue weighted by molar-refractivity contribution is -0.126. The Morgan fingerprint density at radius 3 is 2.68 bits per heavy atom. The molecule has 2 fully saturated rings. The third kappa shape index (κ3) is 5.63. The van der Waals surface area contributed by atoms with Gasteiger partial charge in [-0.1, -0.05) is 32.4 Å². The second-order valence-corrected chi connectivity index (χ2v) is 9.40. The normalized spacial score (nSPS) is 21.0. The minimum atomic E-state index is -0.418. The molecule has 1 aliphatic carbocycles. The van der Waals surface area contributed by atoms with Gasteiger partial charge < -0.3 is 19.9 Å². The fraction of sp³-hybridized carbons (Fsp3) is 0.444. The SMILES string of the molecule is CCC.COc1cccc2nc(N3CC4CN(C(=O)C5=C(F)CCC=C5N/N=C\C=N)CC4C3)ncc12. The van der Waals surface area contributed by atoms with E-state index in [1.165, 1.54) is 12.6 Å². The molecule has 5 rings (SSSR count). The Kier molecular flexibility index (Phi) is 8.47. The number of anilines is 1. The zero-order valence-electron chi connectivity index (χ0n) is 21.6. The lowest BCUT2D eigenvalue weighted by Crippen LogP contribution is -2.36. The molecule has 196 valence electrons. The third-order valence-electron chi connectivity index (χ3n) is 6.65. The van der Waals surface area contributed by atoms with Crippen molar-refractivity contribution in [2.45, 2.75) is 33.1 Å². The van der Waals surface area contributed by atoms with E-state index in [1.54, 1.807) is 24.3 Å². The second-order valence-electron chi connectivity index (χ2n) is 9.40. The molecule has 2 atom stereocenters. The third-order valence-corrected chi connectivity index (χ3v) is 6.65. The molecule has 2 unspecified atom stereocenters. The van der Waals surface area contributed by atoms with E-state index in [-0.39, 0.29) is 29.7 Å². The molecule has 0 spiro atoms. The summed E-state index contributed by atoms with van der Waals surface area (Å²) < 4.78 is 20.1. The lowest BCUT2D eigenvalue weighted by Gasteiger charge is -2.25. The average molecular weight is 508 g/mol. The number of halogens is 1. The molecule has 0 saturated carbocycles. The number of methoxy groups -OCH3 is 1. The van der Waals surface area contributed by atoms with Gasteiger partial charge in [0.15, 0.2) is 0 Å². The number of ether oxygens (including phenoxy) is 1. The van der Waals surface area contributed by atoms with E-state index < -0.39 is 5.83 Å². The van der Waals surface area contributed by atoms with Crippen LogP contribution in [0.1, 0.15) is 33.1 Å². The van der Waals surface area contributed by atoms with Gasteiger partial charge in [-0.05, 0) is 18.6 Å². The van der Waals surface area contributed by atoms with Crippen molar-refractivity contribution in [3.05, 3.63) is 47.6 Å². The summed E-state index contributed by atoms with van der Waals surface area (Å²) in [7, 11) is 1.63. The summed E-state index contributed by atoms with van der Waals surface area (Å²) in [5.41, 5.74) is 3.96. The molecular weight excluding hydrogens is 473 g/mol. The number of allylic oxidation sites excluding steroid dienone is 2. The maximum Gasteiger partial charge on any atom is 0.258 e. The van der Waals surface area contributed by atoms with E-state index in [1.807, 2.05) is 18.2 Å². The highest BCUT2D eigenvalue weighted by atomic mass is 19.1. The summed E-state index contributed by atoms with van der Waals surface area (Å²) in [4.78, 5) is 26.4. The van der Waals surface area contributed by atoms with E-state index in [0.29, 0.717) is 31.2 Å². The van der Waals surface area contributed by atoms with Gasteiger partial charge in [0.25, 0.3) is 5.91 Å². The summed E-state index contributed by atoms with van der Waals surface area (Å²) >= 11 is 0. The summed E-state index contributed by atoms with van der Waals surface area (Å²) in [5.74, 6) is 1.24. The molecule has 3 heterocycles. The molecule has 10 heteroatoms. The van der Waals surface area contributed by atoms with Gasteiger partial charge in [-0.3, -0.25) is 10.2 Å². The standard InChI is InChI=1S/C24H26FN7O2.C3H8/c1-34-21-7-3-5-19-17(21)10-27-24(29-19)32-13-15-11-31(12-16(15)14-32)23(33)22-18(25)4-2-6-20(22)30-28-9-8-26;1-3-2/h3,5-10,15-16,26,30H,2,4,11-14H2,1H3;3H2,1-2H3/b26-8?,28-9-;. The van der Waals surface area contributed by atoms with Crippen molar-refractivity contribution in [1.82, 2.24) is 20.3 Å². The molecule has 0 radical (unpaired) electrons. The first kappa shape index (κ1) is 26.2. The number of carbonyl (C=O) groups is 1. The van der Waals surface area contributed by atoms with Crippen molar-refractivity contribution in [1.29, 1.82) is 5.41 Å². The van der Waals surface area contributed by atoms with Crippen LogP contribution in [0.25, 0.3) is 10.9 Å². The molecule has 1 aromatic heterocycles. The number of amides is 1. The van der Waals surface area contributed by atoms with Crippen molar-refractivity contribution in [3.63, 3.8) is 0 Å². The smallest absolute Gasteiger partial charge is 0.258 e. The number of hydrogen-bond acceptors (Lipinski definition) is 8. The number of benzene rings is 1. The van der Waals surface area contributed by atoms with Crippen molar-refractivity contribution in [2.24, 2.45) is 16.9 Å². The molecule has 0 bridgehead atoms. The topological polar surface area (TPSA) is 107 Å². The number of hydrazone groups is 1. The number of nitrogens with zero attached hydrogens (tertiary/aromatic N) is 5. The maximum atomic E-state index is 14.7. The summed E-state index contributed by atoms with van der Waals surface area (Å²) in [5, 5.41) is 11.8. The van der Waals surface area contributed by atoms with Crippen molar-refractivity contribution in [2.75, 3.05) is 38.2 Å². The maximum absolute atomic E-state index is 14.7. The molecule has 3 aliphatic rings. The first-order valence-electron chi connectivity index (χ1n) is 12.7. The Balaban J connectivity index is 0.00000102. The van der Waals surface area contributed by atoms with Gasteiger partial charge in [0, 0.05) is 56.8 Å². The van der Waals surface area contributed by atoms with E-state index in [4.69, 9.17) is 15.1 Å². The number of likely N-dealkylation sites (tertiary alicyclic amines) is 1. The first-order valence-corrected chi connectivity index (χ1v) is 12.7. The fourth-order valence-electron chi connectivity index (χ4n) is 5.02. The molecule has 1 aromatic carbocycles. The highest BCUT2D eigenvalue weighted by molar-refractivity contribution is 6.14. The van der Waals surface area contributed by atoms with Crippen LogP contribution in [0.15, 0.2) is 52.7 Å². The van der Waals surface area contributed by atoms with Crippen LogP contribution in [0.2, 0.25) is 0 Å². The Hall–Kier alpha value is -3.82. The van der Waals surface area contributed by atoms with Gasteiger partial charge in [0.2, 0.25) is 5.95 Å². The summed E-state index contributed by atoms with van der Waals surface area (Å²) in [6.07, 6.45) is 7.79. The minimum Gasteiger partial charge on any atom is -0.496 e. The van der Waals surface area contributed by atoms with Crippen LogP contribution in [0.3, 0.4) is 0 Å². The Morgan fingerprint density at radius 1 is 1.27 bits per heavy atom. The molecule has 2 aliphatic heterocycles. The van der Waals surface area contributed by atoms with Crippen LogP contribution < -0.4 is 15.1 Å². The summed E-state index contributed by atoms with van der Waals surface area (Å²) in [6.45, 7) is 6.87. The van der Waals surface area contributed by atoms with E-state index in [9.17, 15) is 9.18 Å². The first-order chi connectivity index (χ1) is 18.0. The summed E-state index contributed by atoms with van der Waals surface area (Å²) in [6, 6.07) is 5.74. The number of nitrogens with one attached hydrogen (secondary N) is 2. The monoisotopic (exact) mass is 507 g/mol. The lowest BCUT2D eigenvalue weighted by atomic mass is 10.0. The van der Waals surface area contributed by atoms with Gasteiger partial charge in [-0.2, -0.15) is 5.10 Å². The fourth-order valence-corrected chi connectivity index (χ4v) is 5.02. The zero-order valence-corrected chi connectivity index (χ0v) is 21.6. The zero-order chi connectivity index (χ0) is 26.4. The van der Waals surface area contributed by atoms with Gasteiger partial charge in [-0.15, -0.1) is 0 Å². The highest BCUT2D eigenvalue weighted by Crippen LogP contribution is 2.36. The molecule has 2 N–H and O–H groups in total. The largest absolute Gasteiger partial charge is 0.496 e. The van der Waals surface area contributed by atoms with Gasteiger partial charge in [0.1, 0.15) is 11.6 Å². The predicted molar refractivity (Wildman–Crippen MR) is 144 cm³/mol. The number of carbonyl (C=O) groups excluding carboxylic acids is 1. The van der Waals surface area contributed by atoms with E-state index in [2.05, 4.69) is 34.3 Å². The molecule has 37 heavy (non-hydrogen) atoms.